The number of aryl methyl sites for hydroxylation is 1. The van der Waals surface area contributed by atoms with Gasteiger partial charge in [-0.25, -0.2) is 9.37 Å². The Hall–Kier alpha value is -4.05. The number of aromatic nitrogens is 3. The molecule has 0 atom stereocenters. The fourth-order valence-corrected chi connectivity index (χ4v) is 2.91. The van der Waals surface area contributed by atoms with Crippen molar-refractivity contribution in [3.63, 3.8) is 0 Å². The molecule has 0 saturated heterocycles. The van der Waals surface area contributed by atoms with Gasteiger partial charge in [0.1, 0.15) is 11.9 Å². The van der Waals surface area contributed by atoms with Crippen LogP contribution in [0.15, 0.2) is 61.1 Å². The number of carbonyl (C=O) groups excluding carboxylic acids is 1. The number of nitrogens with one attached hydrogen (secondary N) is 1. The van der Waals surface area contributed by atoms with Gasteiger partial charge in [-0.2, -0.15) is 5.26 Å². The SMILES string of the molecule is Cn1cnc2ccc(NC(=O)c3cc(F)cc(-c4ccc(C#N)cn4)c3)cc21. The molecule has 1 N–H and O–H groups in total. The Kier molecular flexibility index (Phi) is 4.30. The van der Waals surface area contributed by atoms with Crippen LogP contribution in [0.4, 0.5) is 10.1 Å². The molecule has 6 nitrogen and oxygen atoms in total. The molecule has 7 heteroatoms. The van der Waals surface area contributed by atoms with E-state index in [1.165, 1.54) is 18.3 Å². The lowest BCUT2D eigenvalue weighted by Gasteiger charge is -2.08. The minimum Gasteiger partial charge on any atom is -0.334 e. The zero-order valence-corrected chi connectivity index (χ0v) is 14.8. The highest BCUT2D eigenvalue weighted by atomic mass is 19.1. The van der Waals surface area contributed by atoms with Gasteiger partial charge in [0.15, 0.2) is 0 Å². The number of pyridine rings is 1. The molecular formula is C21H14FN5O. The Bertz CT molecular complexity index is 1240. The minimum atomic E-state index is -0.545. The molecule has 0 bridgehead atoms. The quantitative estimate of drug-likeness (QED) is 0.592. The highest BCUT2D eigenvalue weighted by Gasteiger charge is 2.12. The number of fused-ring (bicyclic) bond motifs is 1. The van der Waals surface area contributed by atoms with Crippen molar-refractivity contribution in [3.8, 4) is 17.3 Å². The monoisotopic (exact) mass is 371 g/mol. The lowest BCUT2D eigenvalue weighted by Crippen LogP contribution is -2.12. The summed E-state index contributed by atoms with van der Waals surface area (Å²) >= 11 is 0. The molecule has 0 spiro atoms. The summed E-state index contributed by atoms with van der Waals surface area (Å²) in [5.41, 5.74) is 3.79. The van der Waals surface area contributed by atoms with Gasteiger partial charge >= 0.3 is 0 Å². The molecule has 0 unspecified atom stereocenters. The molecule has 2 aromatic heterocycles. The number of rotatable bonds is 3. The molecule has 0 radical (unpaired) electrons. The van der Waals surface area contributed by atoms with Gasteiger partial charge in [0, 0.05) is 30.1 Å². The van der Waals surface area contributed by atoms with E-state index in [2.05, 4.69) is 15.3 Å². The number of anilines is 1. The molecule has 0 fully saturated rings. The van der Waals surface area contributed by atoms with Crippen molar-refractivity contribution in [3.05, 3.63) is 78.0 Å². The first-order valence-electron chi connectivity index (χ1n) is 8.43. The first-order valence-corrected chi connectivity index (χ1v) is 8.43. The number of imidazole rings is 1. The second-order valence-corrected chi connectivity index (χ2v) is 6.29. The smallest absolute Gasteiger partial charge is 0.255 e. The molecule has 1 amide bonds. The maximum atomic E-state index is 14.1. The van der Waals surface area contributed by atoms with Crippen LogP contribution in [-0.4, -0.2) is 20.4 Å². The van der Waals surface area contributed by atoms with Crippen molar-refractivity contribution in [2.45, 2.75) is 0 Å². The molecule has 0 aliphatic rings. The molecule has 2 heterocycles. The summed E-state index contributed by atoms with van der Waals surface area (Å²) in [6.45, 7) is 0. The molecular weight excluding hydrogens is 357 g/mol. The van der Waals surface area contributed by atoms with Crippen molar-refractivity contribution in [1.82, 2.24) is 14.5 Å². The standard InChI is InChI=1S/C21H14FN5O/c1-27-12-25-19-5-3-17(9-20(19)27)26-21(28)15-6-14(7-16(22)8-15)18-4-2-13(10-23)11-24-18/h2-9,11-12H,1H3,(H,26,28). The van der Waals surface area contributed by atoms with E-state index in [0.29, 0.717) is 22.5 Å². The summed E-state index contributed by atoms with van der Waals surface area (Å²) in [5.74, 6) is -0.980. The van der Waals surface area contributed by atoms with E-state index in [-0.39, 0.29) is 5.56 Å². The van der Waals surface area contributed by atoms with Gasteiger partial charge < -0.3 is 9.88 Å². The molecule has 136 valence electrons. The van der Waals surface area contributed by atoms with E-state index in [1.54, 1.807) is 30.6 Å². The Morgan fingerprint density at radius 1 is 1.14 bits per heavy atom. The van der Waals surface area contributed by atoms with E-state index in [9.17, 15) is 9.18 Å². The van der Waals surface area contributed by atoms with E-state index < -0.39 is 11.7 Å². The van der Waals surface area contributed by atoms with Crippen LogP contribution < -0.4 is 5.32 Å². The third-order valence-electron chi connectivity index (χ3n) is 4.33. The number of hydrogen-bond donors (Lipinski definition) is 1. The van der Waals surface area contributed by atoms with Crippen LogP contribution >= 0.6 is 0 Å². The first kappa shape index (κ1) is 17.4. The third-order valence-corrected chi connectivity index (χ3v) is 4.33. The summed E-state index contributed by atoms with van der Waals surface area (Å²) < 4.78 is 16.0. The van der Waals surface area contributed by atoms with Crippen molar-refractivity contribution >= 4 is 22.6 Å². The predicted octanol–water partition coefficient (Wildman–Crippen LogP) is 3.90. The van der Waals surface area contributed by atoms with Gasteiger partial charge in [0.05, 0.1) is 28.6 Å². The third kappa shape index (κ3) is 3.31. The lowest BCUT2D eigenvalue weighted by molar-refractivity contribution is 0.102. The Morgan fingerprint density at radius 2 is 2.00 bits per heavy atom. The van der Waals surface area contributed by atoms with Gasteiger partial charge in [-0.05, 0) is 48.5 Å². The average Bonchev–Trinajstić information content (AvgIpc) is 3.08. The van der Waals surface area contributed by atoms with Gasteiger partial charge in [-0.3, -0.25) is 9.78 Å². The molecule has 2 aromatic carbocycles. The summed E-state index contributed by atoms with van der Waals surface area (Å²) in [5, 5.41) is 11.6. The molecule has 0 saturated carbocycles. The van der Waals surface area contributed by atoms with Gasteiger partial charge in [0.2, 0.25) is 0 Å². The number of hydrogen-bond acceptors (Lipinski definition) is 4. The van der Waals surface area contributed by atoms with Crippen molar-refractivity contribution < 1.29 is 9.18 Å². The van der Waals surface area contributed by atoms with Gasteiger partial charge in [0.25, 0.3) is 5.91 Å². The number of amides is 1. The molecule has 4 aromatic rings. The number of nitrogens with zero attached hydrogens (tertiary/aromatic N) is 4. The summed E-state index contributed by atoms with van der Waals surface area (Å²) in [7, 11) is 1.87. The molecule has 0 aliphatic carbocycles. The van der Waals surface area contributed by atoms with Crippen LogP contribution in [0.2, 0.25) is 0 Å². The summed E-state index contributed by atoms with van der Waals surface area (Å²) in [6.07, 6.45) is 3.10. The number of nitriles is 1. The predicted molar refractivity (Wildman–Crippen MR) is 103 cm³/mol. The van der Waals surface area contributed by atoms with E-state index >= 15 is 0 Å². The van der Waals surface area contributed by atoms with Crippen LogP contribution in [0.5, 0.6) is 0 Å². The number of carbonyl (C=O) groups is 1. The van der Waals surface area contributed by atoms with E-state index in [1.807, 2.05) is 29.8 Å². The largest absolute Gasteiger partial charge is 0.334 e. The van der Waals surface area contributed by atoms with E-state index in [0.717, 1.165) is 11.0 Å². The van der Waals surface area contributed by atoms with Crippen molar-refractivity contribution in [1.29, 1.82) is 5.26 Å². The Morgan fingerprint density at radius 3 is 2.75 bits per heavy atom. The maximum Gasteiger partial charge on any atom is 0.255 e. The van der Waals surface area contributed by atoms with Crippen LogP contribution in [0, 0.1) is 17.1 Å². The molecule has 0 aliphatic heterocycles. The summed E-state index contributed by atoms with van der Waals surface area (Å²) in [6, 6.07) is 14.6. The van der Waals surface area contributed by atoms with Crippen LogP contribution in [-0.2, 0) is 7.05 Å². The van der Waals surface area contributed by atoms with E-state index in [4.69, 9.17) is 5.26 Å². The average molecular weight is 371 g/mol. The Labute approximate surface area is 159 Å². The van der Waals surface area contributed by atoms with Crippen LogP contribution in [0.1, 0.15) is 15.9 Å². The normalized spacial score (nSPS) is 10.6. The zero-order valence-electron chi connectivity index (χ0n) is 14.8. The van der Waals surface area contributed by atoms with Crippen molar-refractivity contribution in [2.24, 2.45) is 7.05 Å². The summed E-state index contributed by atoms with van der Waals surface area (Å²) in [4.78, 5) is 21.0. The van der Waals surface area contributed by atoms with Gasteiger partial charge in [-0.1, -0.05) is 0 Å². The second kappa shape index (κ2) is 6.93. The van der Waals surface area contributed by atoms with Crippen molar-refractivity contribution in [2.75, 3.05) is 5.32 Å². The molecule has 28 heavy (non-hydrogen) atoms. The fourth-order valence-electron chi connectivity index (χ4n) is 2.91. The van der Waals surface area contributed by atoms with Crippen LogP contribution in [0.25, 0.3) is 22.3 Å². The first-order chi connectivity index (χ1) is 13.5. The maximum absolute atomic E-state index is 14.1. The minimum absolute atomic E-state index is 0.172. The topological polar surface area (TPSA) is 83.6 Å². The Balaban J connectivity index is 1.63. The number of benzene rings is 2. The van der Waals surface area contributed by atoms with Crippen LogP contribution in [0.3, 0.4) is 0 Å². The fraction of sp³-hybridized carbons (Fsp3) is 0.0476. The molecule has 4 rings (SSSR count). The second-order valence-electron chi connectivity index (χ2n) is 6.29. The highest BCUT2D eigenvalue weighted by Crippen LogP contribution is 2.22. The van der Waals surface area contributed by atoms with Gasteiger partial charge in [-0.15, -0.1) is 0 Å². The lowest BCUT2D eigenvalue weighted by atomic mass is 10.1. The zero-order chi connectivity index (χ0) is 19.7. The highest BCUT2D eigenvalue weighted by molar-refractivity contribution is 6.05. The number of halogens is 1.